The van der Waals surface area contributed by atoms with Crippen molar-refractivity contribution < 1.29 is 9.53 Å². The van der Waals surface area contributed by atoms with E-state index in [4.69, 9.17) is 4.74 Å². The topological polar surface area (TPSA) is 26.3 Å². The molecule has 0 aliphatic heterocycles. The van der Waals surface area contributed by atoms with Crippen LogP contribution in [0, 0.1) is 5.41 Å². The van der Waals surface area contributed by atoms with Crippen LogP contribution in [0.4, 0.5) is 0 Å². The molecule has 0 radical (unpaired) electrons. The van der Waals surface area contributed by atoms with Crippen molar-refractivity contribution in [1.29, 1.82) is 0 Å². The predicted octanol–water partition coefficient (Wildman–Crippen LogP) is 3.47. The Labute approximate surface area is 92.7 Å². The largest absolute Gasteiger partial charge is 0.466 e. The fourth-order valence-electron chi connectivity index (χ4n) is 2.09. The van der Waals surface area contributed by atoms with E-state index in [9.17, 15) is 4.79 Å². The summed E-state index contributed by atoms with van der Waals surface area (Å²) in [7, 11) is 0. The van der Waals surface area contributed by atoms with Gasteiger partial charge in [-0.3, -0.25) is 4.79 Å². The second kappa shape index (κ2) is 5.94. The van der Waals surface area contributed by atoms with Crippen LogP contribution >= 0.6 is 0 Å². The number of rotatable bonds is 2. The number of hydrogen-bond acceptors (Lipinski definition) is 2. The van der Waals surface area contributed by atoms with Gasteiger partial charge >= 0.3 is 5.97 Å². The molecule has 0 aromatic carbocycles. The normalized spacial score (nSPS) is 21.2. The third kappa shape index (κ3) is 3.69. The van der Waals surface area contributed by atoms with Gasteiger partial charge in [-0.2, -0.15) is 0 Å². The van der Waals surface area contributed by atoms with E-state index >= 15 is 0 Å². The second-order valence-corrected chi connectivity index (χ2v) is 4.54. The summed E-state index contributed by atoms with van der Waals surface area (Å²) in [6, 6.07) is 0. The minimum absolute atomic E-state index is 0.00750. The van der Waals surface area contributed by atoms with E-state index in [0.29, 0.717) is 6.61 Å². The highest BCUT2D eigenvalue weighted by Gasteiger charge is 2.33. The van der Waals surface area contributed by atoms with E-state index in [2.05, 4.69) is 19.1 Å². The van der Waals surface area contributed by atoms with E-state index in [1.54, 1.807) is 0 Å². The number of hydrogen-bond donors (Lipinski definition) is 0. The molecule has 2 heteroatoms. The average molecular weight is 210 g/mol. The Balaban J connectivity index is 2.59. The van der Waals surface area contributed by atoms with Gasteiger partial charge in [-0.1, -0.05) is 12.2 Å². The molecular weight excluding hydrogens is 188 g/mol. The maximum Gasteiger partial charge on any atom is 0.311 e. The molecule has 0 saturated heterocycles. The lowest BCUT2D eigenvalue weighted by molar-refractivity contribution is -0.155. The van der Waals surface area contributed by atoms with Crippen LogP contribution in [0.3, 0.4) is 0 Å². The van der Waals surface area contributed by atoms with Crippen LogP contribution in [-0.2, 0) is 9.53 Å². The zero-order chi connectivity index (χ0) is 11.1. The number of esters is 1. The van der Waals surface area contributed by atoms with Gasteiger partial charge < -0.3 is 4.74 Å². The first-order chi connectivity index (χ1) is 7.19. The number of allylic oxidation sites excluding steroid dienone is 2. The van der Waals surface area contributed by atoms with Crippen LogP contribution in [-0.4, -0.2) is 12.6 Å². The first-order valence-corrected chi connectivity index (χ1v) is 6.01. The summed E-state index contributed by atoms with van der Waals surface area (Å²) in [6.07, 6.45) is 10.7. The molecule has 0 amide bonds. The Bertz CT molecular complexity index is 219. The minimum Gasteiger partial charge on any atom is -0.466 e. The number of carbonyl (C=O) groups excluding carboxylic acids is 1. The van der Waals surface area contributed by atoms with E-state index in [1.807, 2.05) is 6.92 Å². The quantitative estimate of drug-likeness (QED) is 0.515. The summed E-state index contributed by atoms with van der Waals surface area (Å²) in [5.74, 6) is -0.00750. The third-order valence-electron chi connectivity index (χ3n) is 3.13. The van der Waals surface area contributed by atoms with Crippen molar-refractivity contribution in [2.45, 2.75) is 52.4 Å². The summed E-state index contributed by atoms with van der Waals surface area (Å²) in [6.45, 7) is 4.42. The molecule has 15 heavy (non-hydrogen) atoms. The first kappa shape index (κ1) is 12.3. The summed E-state index contributed by atoms with van der Waals surface area (Å²) >= 11 is 0. The van der Waals surface area contributed by atoms with Gasteiger partial charge in [0.1, 0.15) is 0 Å². The molecular formula is C13H22O2. The van der Waals surface area contributed by atoms with Crippen LogP contribution in [0.2, 0.25) is 0 Å². The van der Waals surface area contributed by atoms with Crippen molar-refractivity contribution in [2.75, 3.05) is 6.61 Å². The molecule has 0 heterocycles. The van der Waals surface area contributed by atoms with Gasteiger partial charge in [0.25, 0.3) is 0 Å². The van der Waals surface area contributed by atoms with Gasteiger partial charge in [0.05, 0.1) is 12.0 Å². The molecule has 1 aliphatic rings. The molecule has 0 aromatic rings. The van der Waals surface area contributed by atoms with Crippen molar-refractivity contribution in [1.82, 2.24) is 0 Å². The third-order valence-corrected chi connectivity index (χ3v) is 3.13. The van der Waals surface area contributed by atoms with Crippen LogP contribution in [0.25, 0.3) is 0 Å². The Kier molecular flexibility index (Phi) is 4.86. The maximum atomic E-state index is 11.9. The highest BCUT2D eigenvalue weighted by molar-refractivity contribution is 5.76. The average Bonchev–Trinajstić information content (AvgIpc) is 2.31. The van der Waals surface area contributed by atoms with Crippen molar-refractivity contribution in [2.24, 2.45) is 5.41 Å². The van der Waals surface area contributed by atoms with E-state index < -0.39 is 0 Å². The lowest BCUT2D eigenvalue weighted by atomic mass is 9.80. The highest BCUT2D eigenvalue weighted by atomic mass is 16.5. The molecule has 0 N–H and O–H groups in total. The summed E-state index contributed by atoms with van der Waals surface area (Å²) < 4.78 is 5.16. The van der Waals surface area contributed by atoms with Crippen molar-refractivity contribution in [3.8, 4) is 0 Å². The van der Waals surface area contributed by atoms with Crippen molar-refractivity contribution in [3.63, 3.8) is 0 Å². The molecule has 86 valence electrons. The standard InChI is InChI=1S/C13H22O2/c1-3-15-12(14)13(2)10-8-6-4-5-7-9-11-13/h4-5H,3,6-11H2,1-2H3. The van der Waals surface area contributed by atoms with Crippen molar-refractivity contribution >= 4 is 5.97 Å². The smallest absolute Gasteiger partial charge is 0.311 e. The molecule has 0 fully saturated rings. The Morgan fingerprint density at radius 2 is 1.80 bits per heavy atom. The minimum atomic E-state index is -0.248. The van der Waals surface area contributed by atoms with Gasteiger partial charge in [-0.15, -0.1) is 0 Å². The molecule has 0 unspecified atom stereocenters. The predicted molar refractivity (Wildman–Crippen MR) is 61.6 cm³/mol. The highest BCUT2D eigenvalue weighted by Crippen LogP contribution is 2.33. The number of carbonyl (C=O) groups is 1. The maximum absolute atomic E-state index is 11.9. The Morgan fingerprint density at radius 1 is 1.27 bits per heavy atom. The lowest BCUT2D eigenvalue weighted by Gasteiger charge is -2.26. The summed E-state index contributed by atoms with van der Waals surface area (Å²) in [5, 5.41) is 0. The second-order valence-electron chi connectivity index (χ2n) is 4.54. The van der Waals surface area contributed by atoms with Crippen LogP contribution < -0.4 is 0 Å². The van der Waals surface area contributed by atoms with Crippen LogP contribution in [0.1, 0.15) is 52.4 Å². The van der Waals surface area contributed by atoms with Crippen LogP contribution in [0.15, 0.2) is 12.2 Å². The van der Waals surface area contributed by atoms with Gasteiger partial charge in [0, 0.05) is 0 Å². The molecule has 2 nitrogen and oxygen atoms in total. The number of ether oxygens (including phenoxy) is 1. The molecule has 0 bridgehead atoms. The molecule has 1 aliphatic carbocycles. The SMILES string of the molecule is CCOC(=O)C1(C)CCCC=CCCC1. The Morgan fingerprint density at radius 3 is 2.27 bits per heavy atom. The van der Waals surface area contributed by atoms with Gasteiger partial charge in [-0.05, 0) is 52.4 Å². The zero-order valence-electron chi connectivity index (χ0n) is 9.92. The van der Waals surface area contributed by atoms with Gasteiger partial charge in [0.2, 0.25) is 0 Å². The molecule has 0 aromatic heterocycles. The van der Waals surface area contributed by atoms with E-state index in [0.717, 1.165) is 38.5 Å². The molecule has 0 spiro atoms. The monoisotopic (exact) mass is 210 g/mol. The summed E-state index contributed by atoms with van der Waals surface area (Å²) in [4.78, 5) is 11.9. The van der Waals surface area contributed by atoms with Crippen molar-refractivity contribution in [3.05, 3.63) is 12.2 Å². The lowest BCUT2D eigenvalue weighted by Crippen LogP contribution is -2.30. The van der Waals surface area contributed by atoms with Gasteiger partial charge in [0.15, 0.2) is 0 Å². The zero-order valence-corrected chi connectivity index (χ0v) is 9.92. The summed E-state index contributed by atoms with van der Waals surface area (Å²) in [5.41, 5.74) is -0.248. The Hall–Kier alpha value is -0.790. The van der Waals surface area contributed by atoms with Gasteiger partial charge in [-0.25, -0.2) is 0 Å². The molecule has 1 rings (SSSR count). The fraction of sp³-hybridized carbons (Fsp3) is 0.769. The molecule has 0 saturated carbocycles. The first-order valence-electron chi connectivity index (χ1n) is 6.01. The fourth-order valence-corrected chi connectivity index (χ4v) is 2.09. The molecule has 0 atom stereocenters. The van der Waals surface area contributed by atoms with E-state index in [1.165, 1.54) is 0 Å². The van der Waals surface area contributed by atoms with Crippen LogP contribution in [0.5, 0.6) is 0 Å². The van der Waals surface area contributed by atoms with E-state index in [-0.39, 0.29) is 11.4 Å².